The lowest BCUT2D eigenvalue weighted by Gasteiger charge is -2.10. The first-order chi connectivity index (χ1) is 15.1. The summed E-state index contributed by atoms with van der Waals surface area (Å²) in [7, 11) is -1.77. The molecule has 2 aromatic carbocycles. The molecule has 0 aliphatic heterocycles. The minimum atomic E-state index is -3.44. The van der Waals surface area contributed by atoms with E-state index in [0.29, 0.717) is 33.7 Å². The van der Waals surface area contributed by atoms with Crippen LogP contribution in [0.2, 0.25) is 0 Å². The molecule has 0 saturated heterocycles. The Balaban J connectivity index is 1.71. The fraction of sp³-hybridized carbons (Fsp3) is 0.100. The summed E-state index contributed by atoms with van der Waals surface area (Å²) in [5.41, 5.74) is 2.24. The number of aryl methyl sites for hydroxylation is 1. The number of carbonyl (C=O) groups excluding carboxylic acids is 1. The van der Waals surface area contributed by atoms with Gasteiger partial charge in [-0.2, -0.15) is 5.26 Å². The van der Waals surface area contributed by atoms with E-state index in [1.54, 1.807) is 35.9 Å². The standard InChI is InChI=1S/C20H16N6O5S/c1-26-16-9-13(25-32(2,29)30)5-4-12(16)8-17(26)19(27)22-15-6-3-11(10-21)7-14(15)18-23-20(28)31-24-18/h3-9,25H,1-2H3,(H,22,27)(H,23,24,28). The van der Waals surface area contributed by atoms with Crippen molar-refractivity contribution in [1.82, 2.24) is 14.7 Å². The van der Waals surface area contributed by atoms with Crippen LogP contribution in [0, 0.1) is 11.3 Å². The molecule has 11 nitrogen and oxygen atoms in total. The number of H-pyrrole nitrogens is 1. The second-order valence-corrected chi connectivity index (χ2v) is 8.75. The smallest absolute Gasteiger partial charge is 0.340 e. The largest absolute Gasteiger partial charge is 0.439 e. The highest BCUT2D eigenvalue weighted by molar-refractivity contribution is 7.92. The highest BCUT2D eigenvalue weighted by Gasteiger charge is 2.18. The van der Waals surface area contributed by atoms with Crippen LogP contribution < -0.4 is 15.8 Å². The number of fused-ring (bicyclic) bond motifs is 1. The summed E-state index contributed by atoms with van der Waals surface area (Å²) < 4.78 is 31.6. The van der Waals surface area contributed by atoms with Crippen LogP contribution in [-0.4, -0.2) is 35.3 Å². The summed E-state index contributed by atoms with van der Waals surface area (Å²) in [5, 5.41) is 16.3. The molecule has 1 amide bonds. The summed E-state index contributed by atoms with van der Waals surface area (Å²) >= 11 is 0. The third kappa shape index (κ3) is 4.09. The predicted octanol–water partition coefficient (Wildman–Crippen LogP) is 2.02. The number of nitriles is 1. The fourth-order valence-corrected chi connectivity index (χ4v) is 3.83. The SMILES string of the molecule is Cn1c(C(=O)Nc2ccc(C#N)cc2-c2noc(=O)[nH]2)cc2ccc(NS(C)(=O)=O)cc21. The number of carbonyl (C=O) groups is 1. The summed E-state index contributed by atoms with van der Waals surface area (Å²) in [6, 6.07) is 13.1. The van der Waals surface area contributed by atoms with E-state index in [9.17, 15) is 23.3 Å². The summed E-state index contributed by atoms with van der Waals surface area (Å²) in [5.74, 6) is -1.17. The van der Waals surface area contributed by atoms with Crippen molar-refractivity contribution in [2.24, 2.45) is 7.05 Å². The molecule has 3 N–H and O–H groups in total. The van der Waals surface area contributed by atoms with Crippen molar-refractivity contribution >= 4 is 38.2 Å². The van der Waals surface area contributed by atoms with Crippen LogP contribution in [0.4, 0.5) is 11.4 Å². The lowest BCUT2D eigenvalue weighted by Crippen LogP contribution is -2.16. The quantitative estimate of drug-likeness (QED) is 0.417. The van der Waals surface area contributed by atoms with E-state index < -0.39 is 21.7 Å². The van der Waals surface area contributed by atoms with E-state index in [-0.39, 0.29) is 5.82 Å². The number of nitrogens with zero attached hydrogens (tertiary/aromatic N) is 3. The Labute approximate surface area is 181 Å². The minimum absolute atomic E-state index is 0.0657. The average Bonchev–Trinajstić information content (AvgIpc) is 3.30. The van der Waals surface area contributed by atoms with E-state index in [0.717, 1.165) is 11.6 Å². The molecule has 162 valence electrons. The van der Waals surface area contributed by atoms with E-state index in [1.807, 2.05) is 6.07 Å². The number of aromatic amines is 1. The van der Waals surface area contributed by atoms with Gasteiger partial charge in [0.25, 0.3) is 5.91 Å². The maximum atomic E-state index is 13.0. The third-order valence-electron chi connectivity index (χ3n) is 4.67. The van der Waals surface area contributed by atoms with Crippen LogP contribution in [0.25, 0.3) is 22.3 Å². The molecule has 32 heavy (non-hydrogen) atoms. The van der Waals surface area contributed by atoms with E-state index in [1.165, 1.54) is 18.2 Å². The molecule has 0 aliphatic rings. The molecule has 0 unspecified atom stereocenters. The lowest BCUT2D eigenvalue weighted by atomic mass is 10.1. The van der Waals surface area contributed by atoms with E-state index in [2.05, 4.69) is 24.7 Å². The second kappa shape index (κ2) is 7.71. The van der Waals surface area contributed by atoms with Gasteiger partial charge in [0, 0.05) is 18.0 Å². The third-order valence-corrected chi connectivity index (χ3v) is 5.28. The van der Waals surface area contributed by atoms with Crippen LogP contribution in [0.15, 0.2) is 51.8 Å². The Morgan fingerprint density at radius 1 is 1.22 bits per heavy atom. The van der Waals surface area contributed by atoms with Crippen molar-refractivity contribution in [3.63, 3.8) is 0 Å². The average molecular weight is 452 g/mol. The Morgan fingerprint density at radius 2 is 2.00 bits per heavy atom. The zero-order chi connectivity index (χ0) is 23.0. The van der Waals surface area contributed by atoms with E-state index in [4.69, 9.17) is 0 Å². The van der Waals surface area contributed by atoms with Crippen molar-refractivity contribution in [3.05, 3.63) is 64.3 Å². The van der Waals surface area contributed by atoms with Crippen molar-refractivity contribution in [2.75, 3.05) is 16.3 Å². The molecule has 4 rings (SSSR count). The summed E-state index contributed by atoms with van der Waals surface area (Å²) in [4.78, 5) is 26.8. The molecule has 0 saturated carbocycles. The Hall–Kier alpha value is -4.37. The molecule has 0 atom stereocenters. The number of hydrogen-bond acceptors (Lipinski definition) is 7. The van der Waals surface area contributed by atoms with Gasteiger partial charge in [0.1, 0.15) is 5.69 Å². The zero-order valence-corrected chi connectivity index (χ0v) is 17.6. The molecule has 0 fully saturated rings. The molecule has 2 aromatic heterocycles. The fourth-order valence-electron chi connectivity index (χ4n) is 3.28. The van der Waals surface area contributed by atoms with Gasteiger partial charge in [-0.05, 0) is 36.4 Å². The lowest BCUT2D eigenvalue weighted by molar-refractivity contribution is 0.101. The Kier molecular flexibility index (Phi) is 5.03. The van der Waals surface area contributed by atoms with E-state index >= 15 is 0 Å². The number of sulfonamides is 1. The molecule has 0 bridgehead atoms. The van der Waals surface area contributed by atoms with Crippen LogP contribution >= 0.6 is 0 Å². The molecule has 0 radical (unpaired) electrons. The molecule has 2 heterocycles. The number of benzene rings is 2. The molecular weight excluding hydrogens is 436 g/mol. The van der Waals surface area contributed by atoms with Gasteiger partial charge in [-0.15, -0.1) is 0 Å². The normalized spacial score (nSPS) is 11.3. The Morgan fingerprint density at radius 3 is 2.66 bits per heavy atom. The summed E-state index contributed by atoms with van der Waals surface area (Å²) in [6.07, 6.45) is 1.05. The van der Waals surface area contributed by atoms with Crippen molar-refractivity contribution in [1.29, 1.82) is 5.26 Å². The molecule has 0 aliphatic carbocycles. The molecule has 0 spiro atoms. The van der Waals surface area contributed by atoms with Gasteiger partial charge < -0.3 is 9.88 Å². The van der Waals surface area contributed by atoms with Gasteiger partial charge in [0.15, 0.2) is 5.82 Å². The number of rotatable bonds is 5. The highest BCUT2D eigenvalue weighted by Crippen LogP contribution is 2.28. The predicted molar refractivity (Wildman–Crippen MR) is 117 cm³/mol. The van der Waals surface area contributed by atoms with Crippen LogP contribution in [-0.2, 0) is 17.1 Å². The number of anilines is 2. The van der Waals surface area contributed by atoms with Gasteiger partial charge >= 0.3 is 5.76 Å². The number of nitrogens with one attached hydrogen (secondary N) is 3. The van der Waals surface area contributed by atoms with Crippen LogP contribution in [0.1, 0.15) is 16.1 Å². The second-order valence-electron chi connectivity index (χ2n) is 7.01. The number of amides is 1. The maximum Gasteiger partial charge on any atom is 0.439 e. The zero-order valence-electron chi connectivity index (χ0n) is 16.8. The van der Waals surface area contributed by atoms with Crippen molar-refractivity contribution < 1.29 is 17.7 Å². The van der Waals surface area contributed by atoms with Crippen molar-refractivity contribution in [3.8, 4) is 17.5 Å². The first-order valence-electron chi connectivity index (χ1n) is 9.14. The summed E-state index contributed by atoms with van der Waals surface area (Å²) in [6.45, 7) is 0. The molecule has 4 aromatic rings. The molecular formula is C20H16N6O5S. The first-order valence-corrected chi connectivity index (χ1v) is 11.0. The Bertz CT molecular complexity index is 1570. The highest BCUT2D eigenvalue weighted by atomic mass is 32.2. The monoisotopic (exact) mass is 452 g/mol. The van der Waals surface area contributed by atoms with Crippen LogP contribution in [0.5, 0.6) is 0 Å². The van der Waals surface area contributed by atoms with Gasteiger partial charge in [-0.25, -0.2) is 13.2 Å². The van der Waals surface area contributed by atoms with Gasteiger partial charge in [-0.1, -0.05) is 11.2 Å². The molecule has 12 heteroatoms. The number of aromatic nitrogens is 3. The van der Waals surface area contributed by atoms with Gasteiger partial charge in [-0.3, -0.25) is 19.0 Å². The van der Waals surface area contributed by atoms with Crippen molar-refractivity contribution in [2.45, 2.75) is 0 Å². The van der Waals surface area contributed by atoms with Gasteiger partial charge in [0.05, 0.1) is 34.8 Å². The topological polar surface area (TPSA) is 163 Å². The maximum absolute atomic E-state index is 13.0. The van der Waals surface area contributed by atoms with Gasteiger partial charge in [0.2, 0.25) is 10.0 Å². The first kappa shape index (κ1) is 20.9. The van der Waals surface area contributed by atoms with Crippen LogP contribution in [0.3, 0.4) is 0 Å². The minimum Gasteiger partial charge on any atom is -0.340 e. The number of hydrogen-bond donors (Lipinski definition) is 3.